The van der Waals surface area contributed by atoms with Crippen LogP contribution in [0.1, 0.15) is 40.0 Å². The van der Waals surface area contributed by atoms with Crippen molar-refractivity contribution in [2.45, 2.75) is 58.0 Å². The first-order chi connectivity index (χ1) is 10.3. The molecule has 2 rings (SSSR count). The fraction of sp³-hybridized carbons (Fsp3) is 0.938. The molecule has 22 heavy (non-hydrogen) atoms. The average Bonchev–Trinajstić information content (AvgIpc) is 2.47. The number of likely N-dealkylation sites (tertiary alicyclic amines) is 2. The van der Waals surface area contributed by atoms with Crippen LogP contribution >= 0.6 is 0 Å². The molecular formula is C16H29F2N3O. The van der Waals surface area contributed by atoms with Crippen molar-refractivity contribution in [3.63, 3.8) is 0 Å². The molecule has 0 bridgehead atoms. The first kappa shape index (κ1) is 17.6. The summed E-state index contributed by atoms with van der Waals surface area (Å²) in [5, 5.41) is 3.02. The molecule has 2 fully saturated rings. The summed E-state index contributed by atoms with van der Waals surface area (Å²) in [6, 6.07) is -0.507. The molecule has 2 saturated heterocycles. The molecule has 128 valence electrons. The van der Waals surface area contributed by atoms with E-state index in [0.717, 1.165) is 19.4 Å². The Balaban J connectivity index is 1.85. The lowest BCUT2D eigenvalue weighted by molar-refractivity contribution is -0.133. The van der Waals surface area contributed by atoms with Crippen molar-refractivity contribution in [2.75, 3.05) is 32.7 Å². The molecule has 4 nitrogen and oxygen atoms in total. The van der Waals surface area contributed by atoms with Gasteiger partial charge in [0, 0.05) is 31.6 Å². The van der Waals surface area contributed by atoms with Crippen molar-refractivity contribution >= 4 is 5.91 Å². The van der Waals surface area contributed by atoms with Gasteiger partial charge in [0.1, 0.15) is 0 Å². The quantitative estimate of drug-likeness (QED) is 0.861. The predicted molar refractivity (Wildman–Crippen MR) is 83.0 cm³/mol. The van der Waals surface area contributed by atoms with Gasteiger partial charge in [-0.1, -0.05) is 20.8 Å². The summed E-state index contributed by atoms with van der Waals surface area (Å²) in [5.74, 6) is -2.61. The van der Waals surface area contributed by atoms with Crippen LogP contribution in [0.15, 0.2) is 0 Å². The molecule has 0 spiro atoms. The van der Waals surface area contributed by atoms with Crippen LogP contribution in [0.5, 0.6) is 0 Å². The second kappa shape index (κ2) is 7.21. The van der Waals surface area contributed by atoms with Crippen molar-refractivity contribution in [3.8, 4) is 0 Å². The van der Waals surface area contributed by atoms with Gasteiger partial charge in [0.15, 0.2) is 0 Å². The zero-order chi connectivity index (χ0) is 16.3. The predicted octanol–water partition coefficient (Wildman–Crippen LogP) is 1.95. The van der Waals surface area contributed by atoms with E-state index in [0.29, 0.717) is 26.1 Å². The summed E-state index contributed by atoms with van der Waals surface area (Å²) in [6.07, 6.45) is 2.06. The van der Waals surface area contributed by atoms with Gasteiger partial charge in [0.05, 0.1) is 12.6 Å². The topological polar surface area (TPSA) is 35.6 Å². The number of nitrogens with zero attached hydrogens (tertiary/aromatic N) is 2. The van der Waals surface area contributed by atoms with Gasteiger partial charge in [0.2, 0.25) is 5.91 Å². The zero-order valence-corrected chi connectivity index (χ0v) is 13.9. The van der Waals surface area contributed by atoms with Crippen molar-refractivity contribution in [1.29, 1.82) is 0 Å². The number of carbonyl (C=O) groups is 1. The fourth-order valence-electron chi connectivity index (χ4n) is 3.44. The van der Waals surface area contributed by atoms with Crippen molar-refractivity contribution in [3.05, 3.63) is 0 Å². The monoisotopic (exact) mass is 317 g/mol. The molecule has 1 N–H and O–H groups in total. The SMILES string of the molecule is CCN1CCC(N2CCC(NC(=O)C(C)C)CC2)C(F)(F)C1. The maximum absolute atomic E-state index is 14.4. The maximum Gasteiger partial charge on any atom is 0.275 e. The minimum atomic E-state index is -2.64. The molecule has 0 saturated carbocycles. The molecule has 2 aliphatic heterocycles. The molecule has 6 heteroatoms. The summed E-state index contributed by atoms with van der Waals surface area (Å²) >= 11 is 0. The fourth-order valence-corrected chi connectivity index (χ4v) is 3.44. The summed E-state index contributed by atoms with van der Waals surface area (Å²) < 4.78 is 28.7. The Hall–Kier alpha value is -0.750. The second-order valence-electron chi connectivity index (χ2n) is 6.91. The zero-order valence-electron chi connectivity index (χ0n) is 13.9. The highest BCUT2D eigenvalue weighted by atomic mass is 19.3. The van der Waals surface area contributed by atoms with Crippen LogP contribution in [0.25, 0.3) is 0 Å². The number of hydrogen-bond donors (Lipinski definition) is 1. The molecule has 0 aromatic rings. The van der Waals surface area contributed by atoms with Crippen LogP contribution in [0.2, 0.25) is 0 Å². The van der Waals surface area contributed by atoms with Gasteiger partial charge in [-0.2, -0.15) is 0 Å². The number of halogens is 2. The highest BCUT2D eigenvalue weighted by Crippen LogP contribution is 2.32. The van der Waals surface area contributed by atoms with Gasteiger partial charge in [-0.25, -0.2) is 8.78 Å². The Bertz CT molecular complexity index is 382. The highest BCUT2D eigenvalue weighted by molar-refractivity contribution is 5.78. The number of amides is 1. The van der Waals surface area contributed by atoms with E-state index in [-0.39, 0.29) is 24.4 Å². The molecule has 0 aromatic heterocycles. The Morgan fingerprint density at radius 3 is 2.36 bits per heavy atom. The third kappa shape index (κ3) is 4.16. The lowest BCUT2D eigenvalue weighted by atomic mass is 9.95. The van der Waals surface area contributed by atoms with Crippen molar-refractivity contribution in [2.24, 2.45) is 5.92 Å². The van der Waals surface area contributed by atoms with Crippen LogP contribution < -0.4 is 5.32 Å². The van der Waals surface area contributed by atoms with Gasteiger partial charge in [-0.05, 0) is 25.8 Å². The number of hydrogen-bond acceptors (Lipinski definition) is 3. The maximum atomic E-state index is 14.4. The van der Waals surface area contributed by atoms with Crippen LogP contribution in [0, 0.1) is 5.92 Å². The summed E-state index contributed by atoms with van der Waals surface area (Å²) in [7, 11) is 0. The first-order valence-electron chi connectivity index (χ1n) is 8.48. The number of piperidine rings is 2. The number of alkyl halides is 2. The standard InChI is InChI=1S/C16H29F2N3O/c1-4-20-8-7-14(16(17,18)11-20)21-9-5-13(6-10-21)19-15(22)12(2)3/h12-14H,4-11H2,1-3H3,(H,19,22). The third-order valence-electron chi connectivity index (χ3n) is 4.93. The number of nitrogens with one attached hydrogen (secondary N) is 1. The van der Waals surface area contributed by atoms with Crippen LogP contribution in [-0.4, -0.2) is 66.4 Å². The third-order valence-corrected chi connectivity index (χ3v) is 4.93. The molecule has 1 unspecified atom stereocenters. The molecule has 2 aliphatic rings. The summed E-state index contributed by atoms with van der Waals surface area (Å²) in [5.41, 5.74) is 0. The smallest absolute Gasteiger partial charge is 0.275 e. The van der Waals surface area contributed by atoms with E-state index in [2.05, 4.69) is 5.32 Å². The average molecular weight is 317 g/mol. The van der Waals surface area contributed by atoms with E-state index in [9.17, 15) is 13.6 Å². The molecule has 0 radical (unpaired) electrons. The lowest BCUT2D eigenvalue weighted by Crippen LogP contribution is -2.60. The Labute approximate surface area is 132 Å². The Morgan fingerprint density at radius 2 is 1.86 bits per heavy atom. The van der Waals surface area contributed by atoms with Crippen LogP contribution in [-0.2, 0) is 4.79 Å². The normalized spacial score (nSPS) is 28.0. The van der Waals surface area contributed by atoms with E-state index in [1.54, 1.807) is 0 Å². The van der Waals surface area contributed by atoms with E-state index < -0.39 is 12.0 Å². The lowest BCUT2D eigenvalue weighted by Gasteiger charge is -2.45. The summed E-state index contributed by atoms with van der Waals surface area (Å²) in [4.78, 5) is 15.5. The van der Waals surface area contributed by atoms with Gasteiger partial charge in [-0.15, -0.1) is 0 Å². The second-order valence-corrected chi connectivity index (χ2v) is 6.91. The van der Waals surface area contributed by atoms with Crippen LogP contribution in [0.4, 0.5) is 8.78 Å². The Morgan fingerprint density at radius 1 is 1.23 bits per heavy atom. The number of rotatable bonds is 4. The van der Waals surface area contributed by atoms with Gasteiger partial charge >= 0.3 is 0 Å². The minimum Gasteiger partial charge on any atom is -0.353 e. The van der Waals surface area contributed by atoms with Gasteiger partial charge in [-0.3, -0.25) is 14.6 Å². The molecular weight excluding hydrogens is 288 g/mol. The van der Waals surface area contributed by atoms with E-state index in [1.807, 2.05) is 30.6 Å². The molecule has 1 amide bonds. The van der Waals surface area contributed by atoms with E-state index in [1.165, 1.54) is 0 Å². The largest absolute Gasteiger partial charge is 0.353 e. The molecule has 2 heterocycles. The van der Waals surface area contributed by atoms with Crippen molar-refractivity contribution in [1.82, 2.24) is 15.1 Å². The Kier molecular flexibility index (Phi) is 5.77. The van der Waals surface area contributed by atoms with Crippen molar-refractivity contribution < 1.29 is 13.6 Å². The number of carbonyl (C=O) groups excluding carboxylic acids is 1. The molecule has 0 aliphatic carbocycles. The van der Waals surface area contributed by atoms with E-state index in [4.69, 9.17) is 0 Å². The van der Waals surface area contributed by atoms with Crippen LogP contribution in [0.3, 0.4) is 0 Å². The summed E-state index contributed by atoms with van der Waals surface area (Å²) in [6.45, 7) is 8.27. The molecule has 1 atom stereocenters. The first-order valence-corrected chi connectivity index (χ1v) is 8.48. The highest BCUT2D eigenvalue weighted by Gasteiger charge is 2.47. The van der Waals surface area contributed by atoms with Gasteiger partial charge < -0.3 is 5.32 Å². The molecule has 0 aromatic carbocycles. The van der Waals surface area contributed by atoms with E-state index >= 15 is 0 Å². The minimum absolute atomic E-state index is 0.0271. The van der Waals surface area contributed by atoms with Gasteiger partial charge in [0.25, 0.3) is 5.92 Å².